The van der Waals surface area contributed by atoms with E-state index in [1.165, 1.54) is 0 Å². The van der Waals surface area contributed by atoms with E-state index in [9.17, 15) is 0 Å². The first kappa shape index (κ1) is 12.3. The van der Waals surface area contributed by atoms with Crippen LogP contribution in [0.1, 0.15) is 25.1 Å². The second-order valence-electron chi connectivity index (χ2n) is 4.63. The highest BCUT2D eigenvalue weighted by Gasteiger charge is 2.23. The minimum Gasteiger partial charge on any atom is -0.354 e. The molecule has 0 amide bonds. The van der Waals surface area contributed by atoms with Crippen LogP contribution in [-0.2, 0) is 0 Å². The Labute approximate surface area is 107 Å². The number of aromatic nitrogens is 1. The average Bonchev–Trinajstić information content (AvgIpc) is 2.26. The lowest BCUT2D eigenvalue weighted by atomic mass is 10.2. The third-order valence-electron chi connectivity index (χ3n) is 2.81. The summed E-state index contributed by atoms with van der Waals surface area (Å²) in [5.41, 5.74) is 1.61. The lowest BCUT2D eigenvalue weighted by molar-refractivity contribution is 0.717. The van der Waals surface area contributed by atoms with Gasteiger partial charge in [0.1, 0.15) is 5.82 Å². The molecule has 3 nitrogen and oxygen atoms in total. The van der Waals surface area contributed by atoms with Crippen molar-refractivity contribution < 1.29 is 0 Å². The molecule has 0 spiro atoms. The SMILES string of the molecule is Cc1cc(C#N)cc(N2CC(C)SC(C)C2)n1. The molecular weight excluding hydrogens is 230 g/mol. The average molecular weight is 247 g/mol. The number of hydrogen-bond donors (Lipinski definition) is 0. The Hall–Kier alpha value is -1.21. The molecule has 0 N–H and O–H groups in total. The summed E-state index contributed by atoms with van der Waals surface area (Å²) in [5.74, 6) is 0.945. The maximum Gasteiger partial charge on any atom is 0.130 e. The molecule has 17 heavy (non-hydrogen) atoms. The van der Waals surface area contributed by atoms with Gasteiger partial charge in [-0.25, -0.2) is 4.98 Å². The normalized spacial score (nSPS) is 24.5. The van der Waals surface area contributed by atoms with E-state index >= 15 is 0 Å². The van der Waals surface area contributed by atoms with Gasteiger partial charge < -0.3 is 4.90 Å². The summed E-state index contributed by atoms with van der Waals surface area (Å²) >= 11 is 2.02. The summed E-state index contributed by atoms with van der Waals surface area (Å²) < 4.78 is 0. The van der Waals surface area contributed by atoms with Crippen LogP contribution in [0, 0.1) is 18.3 Å². The monoisotopic (exact) mass is 247 g/mol. The van der Waals surface area contributed by atoms with Gasteiger partial charge in [0.15, 0.2) is 0 Å². The van der Waals surface area contributed by atoms with E-state index in [2.05, 4.69) is 29.8 Å². The van der Waals surface area contributed by atoms with E-state index in [1.807, 2.05) is 30.8 Å². The predicted octanol–water partition coefficient (Wildman–Crippen LogP) is 2.59. The van der Waals surface area contributed by atoms with Crippen LogP contribution in [0.25, 0.3) is 0 Å². The Morgan fingerprint density at radius 3 is 2.59 bits per heavy atom. The summed E-state index contributed by atoms with van der Waals surface area (Å²) in [6.07, 6.45) is 0. The number of pyridine rings is 1. The van der Waals surface area contributed by atoms with Crippen molar-refractivity contribution in [2.24, 2.45) is 0 Å². The van der Waals surface area contributed by atoms with Gasteiger partial charge in [-0.1, -0.05) is 13.8 Å². The molecule has 0 saturated carbocycles. The molecule has 2 atom stereocenters. The molecule has 1 aliphatic rings. The highest BCUT2D eigenvalue weighted by Crippen LogP contribution is 2.28. The molecule has 0 bridgehead atoms. The lowest BCUT2D eigenvalue weighted by Crippen LogP contribution is -2.40. The van der Waals surface area contributed by atoms with Gasteiger partial charge in [0.2, 0.25) is 0 Å². The third kappa shape index (κ3) is 2.92. The van der Waals surface area contributed by atoms with Crippen LogP contribution in [0.3, 0.4) is 0 Å². The van der Waals surface area contributed by atoms with E-state index in [0.29, 0.717) is 16.1 Å². The molecule has 1 aliphatic heterocycles. The Bertz CT molecular complexity index is 442. The smallest absolute Gasteiger partial charge is 0.130 e. The fraction of sp³-hybridized carbons (Fsp3) is 0.538. The van der Waals surface area contributed by atoms with Gasteiger partial charge in [-0.2, -0.15) is 17.0 Å². The van der Waals surface area contributed by atoms with Gasteiger partial charge in [-0.05, 0) is 19.1 Å². The van der Waals surface area contributed by atoms with Crippen LogP contribution in [0.2, 0.25) is 0 Å². The molecule has 0 radical (unpaired) electrons. The minimum atomic E-state index is 0.617. The maximum atomic E-state index is 8.99. The van der Waals surface area contributed by atoms with E-state index in [0.717, 1.165) is 24.6 Å². The molecule has 0 aliphatic carbocycles. The third-order valence-corrected chi connectivity index (χ3v) is 4.04. The molecule has 90 valence electrons. The van der Waals surface area contributed by atoms with Crippen LogP contribution in [0.4, 0.5) is 5.82 Å². The van der Waals surface area contributed by atoms with Gasteiger partial charge in [0, 0.05) is 29.3 Å². The molecule has 1 fully saturated rings. The van der Waals surface area contributed by atoms with Gasteiger partial charge in [-0.3, -0.25) is 0 Å². The fourth-order valence-electron chi connectivity index (χ4n) is 2.24. The first-order valence-corrected chi connectivity index (χ1v) is 6.82. The summed E-state index contributed by atoms with van der Waals surface area (Å²) in [5, 5.41) is 10.2. The lowest BCUT2D eigenvalue weighted by Gasteiger charge is -2.35. The van der Waals surface area contributed by atoms with Crippen molar-refractivity contribution in [1.82, 2.24) is 4.98 Å². The zero-order chi connectivity index (χ0) is 12.4. The van der Waals surface area contributed by atoms with Crippen molar-refractivity contribution in [2.75, 3.05) is 18.0 Å². The first-order chi connectivity index (χ1) is 8.08. The maximum absolute atomic E-state index is 8.99. The molecule has 2 heterocycles. The zero-order valence-corrected chi connectivity index (χ0v) is 11.3. The molecule has 2 rings (SSSR count). The van der Waals surface area contributed by atoms with Crippen molar-refractivity contribution in [1.29, 1.82) is 5.26 Å². The van der Waals surface area contributed by atoms with Crippen LogP contribution >= 0.6 is 11.8 Å². The van der Waals surface area contributed by atoms with Crippen molar-refractivity contribution in [3.63, 3.8) is 0 Å². The summed E-state index contributed by atoms with van der Waals surface area (Å²) in [6, 6.07) is 5.92. The summed E-state index contributed by atoms with van der Waals surface area (Å²) in [6.45, 7) is 8.45. The van der Waals surface area contributed by atoms with E-state index < -0.39 is 0 Å². The molecule has 4 heteroatoms. The molecule has 1 saturated heterocycles. The first-order valence-electron chi connectivity index (χ1n) is 5.87. The Kier molecular flexibility index (Phi) is 3.58. The van der Waals surface area contributed by atoms with Gasteiger partial charge in [-0.15, -0.1) is 0 Å². The zero-order valence-electron chi connectivity index (χ0n) is 10.5. The Balaban J connectivity index is 2.27. The van der Waals surface area contributed by atoms with Gasteiger partial charge >= 0.3 is 0 Å². The second kappa shape index (κ2) is 4.97. The highest BCUT2D eigenvalue weighted by molar-refractivity contribution is 8.00. The number of aryl methyl sites for hydroxylation is 1. The van der Waals surface area contributed by atoms with Crippen LogP contribution in [0.5, 0.6) is 0 Å². The quantitative estimate of drug-likeness (QED) is 0.764. The molecule has 1 aromatic heterocycles. The van der Waals surface area contributed by atoms with Crippen LogP contribution < -0.4 is 4.90 Å². The molecule has 0 aromatic carbocycles. The topological polar surface area (TPSA) is 39.9 Å². The molecular formula is C13H17N3S. The molecule has 2 unspecified atom stereocenters. The van der Waals surface area contributed by atoms with Crippen molar-refractivity contribution in [3.8, 4) is 6.07 Å². The Morgan fingerprint density at radius 2 is 2.00 bits per heavy atom. The molecule has 1 aromatic rings. The van der Waals surface area contributed by atoms with Crippen molar-refractivity contribution >= 4 is 17.6 Å². The number of nitrogens with zero attached hydrogens (tertiary/aromatic N) is 3. The van der Waals surface area contributed by atoms with E-state index in [-0.39, 0.29) is 0 Å². The second-order valence-corrected chi connectivity index (χ2v) is 6.51. The van der Waals surface area contributed by atoms with Crippen LogP contribution in [0.15, 0.2) is 12.1 Å². The standard InChI is InChI=1S/C13H17N3S/c1-9-4-12(6-14)5-13(15-9)16-7-10(2)17-11(3)8-16/h4-5,10-11H,7-8H2,1-3H3. The summed E-state index contributed by atoms with van der Waals surface area (Å²) in [7, 11) is 0. The minimum absolute atomic E-state index is 0.617. The largest absolute Gasteiger partial charge is 0.354 e. The van der Waals surface area contributed by atoms with Gasteiger partial charge in [0.25, 0.3) is 0 Å². The van der Waals surface area contributed by atoms with E-state index in [4.69, 9.17) is 5.26 Å². The Morgan fingerprint density at radius 1 is 1.35 bits per heavy atom. The number of thioether (sulfide) groups is 1. The van der Waals surface area contributed by atoms with E-state index in [1.54, 1.807) is 0 Å². The van der Waals surface area contributed by atoms with Crippen molar-refractivity contribution in [2.45, 2.75) is 31.3 Å². The number of nitriles is 1. The van der Waals surface area contributed by atoms with Gasteiger partial charge in [0.05, 0.1) is 11.6 Å². The number of anilines is 1. The summed E-state index contributed by atoms with van der Waals surface area (Å²) in [4.78, 5) is 6.83. The fourth-order valence-corrected chi connectivity index (χ4v) is 3.57. The highest BCUT2D eigenvalue weighted by atomic mass is 32.2. The van der Waals surface area contributed by atoms with Crippen LogP contribution in [-0.4, -0.2) is 28.6 Å². The number of hydrogen-bond acceptors (Lipinski definition) is 4. The van der Waals surface area contributed by atoms with Crippen molar-refractivity contribution in [3.05, 3.63) is 23.4 Å². The number of rotatable bonds is 1. The predicted molar refractivity (Wildman–Crippen MR) is 72.4 cm³/mol.